The van der Waals surface area contributed by atoms with Gasteiger partial charge in [-0.15, -0.1) is 0 Å². The summed E-state index contributed by atoms with van der Waals surface area (Å²) < 4.78 is 5.18. The number of benzene rings is 1. The molecule has 1 unspecified atom stereocenters. The molecule has 18 heavy (non-hydrogen) atoms. The van der Waals surface area contributed by atoms with Gasteiger partial charge in [0.25, 0.3) is 0 Å². The summed E-state index contributed by atoms with van der Waals surface area (Å²) in [6, 6.07) is 10.3. The number of ether oxygens (including phenoxy) is 1. The lowest BCUT2D eigenvalue weighted by Crippen LogP contribution is -2.33. The largest absolute Gasteiger partial charge is 0.444 e. The summed E-state index contributed by atoms with van der Waals surface area (Å²) in [6.07, 6.45) is 0.561. The zero-order valence-corrected chi connectivity index (χ0v) is 11.7. The Morgan fingerprint density at radius 1 is 1.28 bits per heavy atom. The average Bonchev–Trinajstić information content (AvgIpc) is 2.27. The molecule has 0 aliphatic rings. The summed E-state index contributed by atoms with van der Waals surface area (Å²) in [5, 5.41) is 2.78. The number of hydrogen-bond donors (Lipinski definition) is 1. The summed E-state index contributed by atoms with van der Waals surface area (Å²) in [5.41, 5.74) is 0.860. The predicted molar refractivity (Wildman–Crippen MR) is 73.7 cm³/mol. The summed E-state index contributed by atoms with van der Waals surface area (Å²) >= 11 is 0. The fraction of sp³-hybridized carbons (Fsp3) is 0.533. The van der Waals surface area contributed by atoms with E-state index < -0.39 is 5.60 Å². The van der Waals surface area contributed by atoms with E-state index in [1.807, 2.05) is 39.0 Å². The van der Waals surface area contributed by atoms with E-state index in [2.05, 4.69) is 24.4 Å². The SMILES string of the molecule is CC(CCNC(=O)OC(C)(C)C)c1ccccc1. The van der Waals surface area contributed by atoms with Gasteiger partial charge in [-0.3, -0.25) is 0 Å². The number of alkyl carbamates (subject to hydrolysis) is 1. The van der Waals surface area contributed by atoms with Crippen molar-refractivity contribution in [3.63, 3.8) is 0 Å². The lowest BCUT2D eigenvalue weighted by Gasteiger charge is -2.20. The van der Waals surface area contributed by atoms with Gasteiger partial charge in [-0.1, -0.05) is 37.3 Å². The Kier molecular flexibility index (Phi) is 5.20. The van der Waals surface area contributed by atoms with Crippen LogP contribution in [0.1, 0.15) is 45.6 Å². The highest BCUT2D eigenvalue weighted by molar-refractivity contribution is 5.67. The molecule has 0 radical (unpaired) electrons. The molecule has 0 aromatic heterocycles. The van der Waals surface area contributed by atoms with Crippen LogP contribution in [0.5, 0.6) is 0 Å². The second-order valence-electron chi connectivity index (χ2n) is 5.53. The molecule has 1 aromatic carbocycles. The number of nitrogens with one attached hydrogen (secondary N) is 1. The normalized spacial score (nSPS) is 12.9. The molecule has 100 valence electrons. The van der Waals surface area contributed by atoms with Crippen molar-refractivity contribution in [2.24, 2.45) is 0 Å². The van der Waals surface area contributed by atoms with Gasteiger partial charge in [0.15, 0.2) is 0 Å². The van der Waals surface area contributed by atoms with Gasteiger partial charge in [-0.2, -0.15) is 0 Å². The van der Waals surface area contributed by atoms with Crippen LogP contribution in [0.4, 0.5) is 4.79 Å². The molecule has 0 fully saturated rings. The Bertz CT molecular complexity index is 368. The van der Waals surface area contributed by atoms with E-state index in [0.29, 0.717) is 12.5 Å². The Morgan fingerprint density at radius 2 is 1.89 bits per heavy atom. The maximum atomic E-state index is 11.4. The van der Waals surface area contributed by atoms with E-state index in [4.69, 9.17) is 4.74 Å². The Hall–Kier alpha value is -1.51. The molecule has 1 amide bonds. The second kappa shape index (κ2) is 6.43. The van der Waals surface area contributed by atoms with E-state index in [0.717, 1.165) is 6.42 Å². The third-order valence-corrected chi connectivity index (χ3v) is 2.61. The number of amides is 1. The molecule has 0 saturated heterocycles. The smallest absolute Gasteiger partial charge is 0.407 e. The van der Waals surface area contributed by atoms with Crippen molar-refractivity contribution in [2.75, 3.05) is 6.54 Å². The maximum Gasteiger partial charge on any atom is 0.407 e. The van der Waals surface area contributed by atoms with Crippen LogP contribution in [0, 0.1) is 0 Å². The molecule has 0 bridgehead atoms. The first kappa shape index (κ1) is 14.6. The molecule has 0 aliphatic carbocycles. The number of carbonyl (C=O) groups is 1. The first-order valence-electron chi connectivity index (χ1n) is 6.40. The molecule has 0 spiro atoms. The van der Waals surface area contributed by atoms with Crippen molar-refractivity contribution in [2.45, 2.75) is 45.6 Å². The van der Waals surface area contributed by atoms with E-state index in [1.54, 1.807) is 0 Å². The van der Waals surface area contributed by atoms with Crippen LogP contribution < -0.4 is 5.32 Å². The van der Waals surface area contributed by atoms with Crippen LogP contribution in [-0.2, 0) is 4.74 Å². The van der Waals surface area contributed by atoms with Crippen LogP contribution in [-0.4, -0.2) is 18.2 Å². The van der Waals surface area contributed by atoms with Gasteiger partial charge in [0.1, 0.15) is 5.60 Å². The van der Waals surface area contributed by atoms with Gasteiger partial charge in [0.2, 0.25) is 0 Å². The van der Waals surface area contributed by atoms with Crippen LogP contribution in [0.2, 0.25) is 0 Å². The zero-order chi connectivity index (χ0) is 13.6. The molecule has 0 heterocycles. The Balaban J connectivity index is 2.28. The molecular weight excluding hydrogens is 226 g/mol. The van der Waals surface area contributed by atoms with Crippen molar-refractivity contribution < 1.29 is 9.53 Å². The van der Waals surface area contributed by atoms with Gasteiger partial charge >= 0.3 is 6.09 Å². The predicted octanol–water partition coefficient (Wildman–Crippen LogP) is 3.70. The molecule has 1 atom stereocenters. The first-order valence-corrected chi connectivity index (χ1v) is 6.40. The second-order valence-corrected chi connectivity index (χ2v) is 5.53. The molecule has 1 rings (SSSR count). The standard InChI is InChI=1S/C15H23NO2/c1-12(13-8-6-5-7-9-13)10-11-16-14(17)18-15(2,3)4/h5-9,12H,10-11H2,1-4H3,(H,16,17). The highest BCUT2D eigenvalue weighted by atomic mass is 16.6. The summed E-state index contributed by atoms with van der Waals surface area (Å²) in [5.74, 6) is 0.432. The topological polar surface area (TPSA) is 38.3 Å². The van der Waals surface area contributed by atoms with Gasteiger partial charge in [0, 0.05) is 6.54 Å². The Labute approximate surface area is 110 Å². The summed E-state index contributed by atoms with van der Waals surface area (Å²) in [7, 11) is 0. The lowest BCUT2D eigenvalue weighted by molar-refractivity contribution is 0.0526. The quantitative estimate of drug-likeness (QED) is 0.883. The highest BCUT2D eigenvalue weighted by Crippen LogP contribution is 2.17. The highest BCUT2D eigenvalue weighted by Gasteiger charge is 2.15. The van der Waals surface area contributed by atoms with E-state index >= 15 is 0 Å². The van der Waals surface area contributed by atoms with Gasteiger partial charge in [-0.25, -0.2) is 4.79 Å². The molecule has 3 nitrogen and oxygen atoms in total. The summed E-state index contributed by atoms with van der Waals surface area (Å²) in [6.45, 7) is 8.37. The van der Waals surface area contributed by atoms with E-state index in [1.165, 1.54) is 5.56 Å². The minimum Gasteiger partial charge on any atom is -0.444 e. The van der Waals surface area contributed by atoms with Crippen molar-refractivity contribution in [3.8, 4) is 0 Å². The molecule has 1 aromatic rings. The van der Waals surface area contributed by atoms with E-state index in [9.17, 15) is 4.79 Å². The third-order valence-electron chi connectivity index (χ3n) is 2.61. The molecule has 3 heteroatoms. The third kappa shape index (κ3) is 5.71. The van der Waals surface area contributed by atoms with Crippen LogP contribution in [0.15, 0.2) is 30.3 Å². The van der Waals surface area contributed by atoms with Crippen molar-refractivity contribution in [3.05, 3.63) is 35.9 Å². The van der Waals surface area contributed by atoms with Crippen LogP contribution >= 0.6 is 0 Å². The summed E-state index contributed by atoms with van der Waals surface area (Å²) in [4.78, 5) is 11.4. The minimum atomic E-state index is -0.435. The molecule has 1 N–H and O–H groups in total. The van der Waals surface area contributed by atoms with Crippen molar-refractivity contribution >= 4 is 6.09 Å². The van der Waals surface area contributed by atoms with Gasteiger partial charge < -0.3 is 10.1 Å². The number of hydrogen-bond acceptors (Lipinski definition) is 2. The van der Waals surface area contributed by atoms with E-state index in [-0.39, 0.29) is 6.09 Å². The van der Waals surface area contributed by atoms with Crippen molar-refractivity contribution in [1.29, 1.82) is 0 Å². The fourth-order valence-electron chi connectivity index (χ4n) is 1.65. The van der Waals surface area contributed by atoms with Crippen molar-refractivity contribution in [1.82, 2.24) is 5.32 Å². The maximum absolute atomic E-state index is 11.4. The average molecular weight is 249 g/mol. The van der Waals surface area contributed by atoms with Crippen LogP contribution in [0.3, 0.4) is 0 Å². The first-order chi connectivity index (χ1) is 8.38. The monoisotopic (exact) mass is 249 g/mol. The molecule has 0 saturated carbocycles. The number of carbonyl (C=O) groups excluding carboxylic acids is 1. The lowest BCUT2D eigenvalue weighted by atomic mass is 9.98. The van der Waals surface area contributed by atoms with Gasteiger partial charge in [-0.05, 0) is 38.7 Å². The van der Waals surface area contributed by atoms with Gasteiger partial charge in [0.05, 0.1) is 0 Å². The number of rotatable bonds is 4. The zero-order valence-electron chi connectivity index (χ0n) is 11.7. The fourth-order valence-corrected chi connectivity index (χ4v) is 1.65. The molecule has 0 aliphatic heterocycles. The Morgan fingerprint density at radius 3 is 2.44 bits per heavy atom. The van der Waals surface area contributed by atoms with Crippen LogP contribution in [0.25, 0.3) is 0 Å². The minimum absolute atomic E-state index is 0.345. The molecular formula is C15H23NO2.